The third-order valence-corrected chi connectivity index (χ3v) is 5.78. The zero-order valence-electron chi connectivity index (χ0n) is 17.6. The van der Waals surface area contributed by atoms with E-state index in [-0.39, 0.29) is 12.0 Å². The van der Waals surface area contributed by atoms with Crippen molar-refractivity contribution in [3.05, 3.63) is 71.3 Å². The topological polar surface area (TPSA) is 57.2 Å². The zero-order chi connectivity index (χ0) is 20.8. The molecule has 0 aromatic heterocycles. The Hall–Kier alpha value is -2.70. The molecule has 6 heteroatoms. The first-order chi connectivity index (χ1) is 14.7. The molecule has 1 N–H and O–H groups in total. The number of carbonyl (C=O) groups is 1. The van der Waals surface area contributed by atoms with Crippen LogP contribution in [0, 0.1) is 0 Å². The van der Waals surface area contributed by atoms with E-state index in [1.165, 1.54) is 11.1 Å². The van der Waals surface area contributed by atoms with E-state index in [4.69, 9.17) is 4.74 Å². The molecular formula is C24H30N4O2. The molecule has 2 aromatic rings. The molecular weight excluding hydrogens is 376 g/mol. The molecule has 2 aromatic carbocycles. The Labute approximate surface area is 178 Å². The van der Waals surface area contributed by atoms with Gasteiger partial charge in [-0.05, 0) is 24.6 Å². The number of nitrogens with one attached hydrogen (secondary N) is 1. The van der Waals surface area contributed by atoms with Crippen LogP contribution >= 0.6 is 0 Å². The molecule has 1 unspecified atom stereocenters. The van der Waals surface area contributed by atoms with E-state index in [0.717, 1.165) is 57.1 Å². The highest BCUT2D eigenvalue weighted by molar-refractivity contribution is 6.01. The van der Waals surface area contributed by atoms with Crippen molar-refractivity contribution in [2.24, 2.45) is 4.99 Å². The van der Waals surface area contributed by atoms with Crippen molar-refractivity contribution in [3.63, 3.8) is 0 Å². The summed E-state index contributed by atoms with van der Waals surface area (Å²) in [6, 6.07) is 17.9. The maximum atomic E-state index is 13.0. The fourth-order valence-corrected chi connectivity index (χ4v) is 4.03. The molecule has 2 aliphatic heterocycles. The summed E-state index contributed by atoms with van der Waals surface area (Å²) >= 11 is 0. The lowest BCUT2D eigenvalue weighted by Crippen LogP contribution is -2.48. The van der Waals surface area contributed by atoms with Crippen molar-refractivity contribution in [1.82, 2.24) is 15.1 Å². The fraction of sp³-hybridized carbons (Fsp3) is 0.417. The summed E-state index contributed by atoms with van der Waals surface area (Å²) in [6.07, 6.45) is 0.747. The highest BCUT2D eigenvalue weighted by Crippen LogP contribution is 2.23. The number of ether oxygens (including phenoxy) is 1. The van der Waals surface area contributed by atoms with E-state index >= 15 is 0 Å². The number of nitrogens with zero attached hydrogens (tertiary/aromatic N) is 3. The molecule has 4 rings (SSSR count). The van der Waals surface area contributed by atoms with Crippen molar-refractivity contribution < 1.29 is 9.53 Å². The van der Waals surface area contributed by atoms with E-state index in [0.29, 0.717) is 6.61 Å². The number of benzene rings is 2. The van der Waals surface area contributed by atoms with Gasteiger partial charge in [-0.15, -0.1) is 0 Å². The van der Waals surface area contributed by atoms with Gasteiger partial charge in [0.25, 0.3) is 0 Å². The van der Waals surface area contributed by atoms with Gasteiger partial charge in [0.2, 0.25) is 0 Å². The number of hydrogen-bond acceptors (Lipinski definition) is 6. The summed E-state index contributed by atoms with van der Waals surface area (Å²) in [5.74, 6) is 0.783. The Morgan fingerprint density at radius 2 is 1.80 bits per heavy atom. The number of rotatable bonds is 7. The number of esters is 1. The SMILES string of the molecule is CN1CCN(C(C(=O)OCCCNC2=NCc3ccccc32)c2ccccc2)CC1. The quantitative estimate of drug-likeness (QED) is 0.566. The molecule has 0 radical (unpaired) electrons. The van der Waals surface area contributed by atoms with Crippen molar-refractivity contribution in [2.45, 2.75) is 19.0 Å². The molecule has 0 bridgehead atoms. The molecule has 158 valence electrons. The van der Waals surface area contributed by atoms with Gasteiger partial charge in [-0.3, -0.25) is 9.89 Å². The minimum absolute atomic E-state index is 0.158. The van der Waals surface area contributed by atoms with Gasteiger partial charge in [0.1, 0.15) is 11.9 Å². The Morgan fingerprint density at radius 1 is 1.07 bits per heavy atom. The second-order valence-corrected chi connectivity index (χ2v) is 7.92. The van der Waals surface area contributed by atoms with Gasteiger partial charge in [-0.2, -0.15) is 0 Å². The van der Waals surface area contributed by atoms with Crippen LogP contribution in [0.15, 0.2) is 59.6 Å². The van der Waals surface area contributed by atoms with Gasteiger partial charge in [-0.25, -0.2) is 4.79 Å². The Bertz CT molecular complexity index is 876. The van der Waals surface area contributed by atoms with Crippen molar-refractivity contribution in [2.75, 3.05) is 46.4 Å². The highest BCUT2D eigenvalue weighted by atomic mass is 16.5. The van der Waals surface area contributed by atoms with Crippen LogP contribution in [0.25, 0.3) is 0 Å². The predicted molar refractivity (Wildman–Crippen MR) is 119 cm³/mol. The first-order valence-electron chi connectivity index (χ1n) is 10.7. The molecule has 0 aliphatic carbocycles. The average molecular weight is 407 g/mol. The summed E-state index contributed by atoms with van der Waals surface area (Å²) in [6.45, 7) is 5.52. The Balaban J connectivity index is 1.28. The minimum Gasteiger partial charge on any atom is -0.464 e. The van der Waals surface area contributed by atoms with E-state index in [9.17, 15) is 4.79 Å². The molecule has 1 saturated heterocycles. The number of amidine groups is 1. The molecule has 1 atom stereocenters. The molecule has 6 nitrogen and oxygen atoms in total. The summed E-state index contributed by atoms with van der Waals surface area (Å²) in [4.78, 5) is 22.1. The first kappa shape index (κ1) is 20.6. The van der Waals surface area contributed by atoms with Crippen molar-refractivity contribution in [1.29, 1.82) is 0 Å². The second-order valence-electron chi connectivity index (χ2n) is 7.92. The van der Waals surface area contributed by atoms with Crippen LogP contribution in [-0.2, 0) is 16.1 Å². The number of likely N-dealkylation sites (N-methyl/N-ethyl adjacent to an activating group) is 1. The van der Waals surface area contributed by atoms with Gasteiger partial charge < -0.3 is 15.0 Å². The average Bonchev–Trinajstić information content (AvgIpc) is 3.19. The summed E-state index contributed by atoms with van der Waals surface area (Å²) in [5.41, 5.74) is 3.43. The lowest BCUT2D eigenvalue weighted by Gasteiger charge is -2.36. The molecule has 0 amide bonds. The monoisotopic (exact) mass is 406 g/mol. The number of carbonyl (C=O) groups excluding carboxylic acids is 1. The van der Waals surface area contributed by atoms with Crippen LogP contribution in [0.2, 0.25) is 0 Å². The highest BCUT2D eigenvalue weighted by Gasteiger charge is 2.30. The smallest absolute Gasteiger partial charge is 0.328 e. The Kier molecular flexibility index (Phi) is 6.77. The maximum Gasteiger partial charge on any atom is 0.328 e. The molecule has 1 fully saturated rings. The van der Waals surface area contributed by atoms with E-state index in [1.54, 1.807) is 0 Å². The molecule has 2 heterocycles. The fourth-order valence-electron chi connectivity index (χ4n) is 4.03. The first-order valence-corrected chi connectivity index (χ1v) is 10.7. The van der Waals surface area contributed by atoms with Crippen LogP contribution < -0.4 is 5.32 Å². The van der Waals surface area contributed by atoms with Crippen LogP contribution in [0.1, 0.15) is 29.2 Å². The molecule has 0 saturated carbocycles. The van der Waals surface area contributed by atoms with Crippen LogP contribution in [0.3, 0.4) is 0 Å². The van der Waals surface area contributed by atoms with E-state index in [2.05, 4.69) is 39.3 Å². The minimum atomic E-state index is -0.334. The van der Waals surface area contributed by atoms with Gasteiger partial charge >= 0.3 is 5.97 Å². The summed E-state index contributed by atoms with van der Waals surface area (Å²) in [5, 5.41) is 3.38. The summed E-state index contributed by atoms with van der Waals surface area (Å²) in [7, 11) is 2.12. The molecule has 0 spiro atoms. The van der Waals surface area contributed by atoms with Crippen molar-refractivity contribution >= 4 is 11.8 Å². The van der Waals surface area contributed by atoms with Gasteiger partial charge in [0.05, 0.1) is 13.2 Å². The zero-order valence-corrected chi connectivity index (χ0v) is 17.6. The predicted octanol–water partition coefficient (Wildman–Crippen LogP) is 2.46. The molecule has 2 aliphatic rings. The number of piperazine rings is 1. The number of fused-ring (bicyclic) bond motifs is 1. The van der Waals surface area contributed by atoms with E-state index in [1.807, 2.05) is 42.5 Å². The van der Waals surface area contributed by atoms with Crippen LogP contribution in [-0.4, -0.2) is 68.0 Å². The van der Waals surface area contributed by atoms with E-state index < -0.39 is 0 Å². The maximum absolute atomic E-state index is 13.0. The Morgan fingerprint density at radius 3 is 2.60 bits per heavy atom. The summed E-state index contributed by atoms with van der Waals surface area (Å²) < 4.78 is 5.70. The normalized spacial score (nSPS) is 17.8. The van der Waals surface area contributed by atoms with Crippen LogP contribution in [0.5, 0.6) is 0 Å². The number of hydrogen-bond donors (Lipinski definition) is 1. The lowest BCUT2D eigenvalue weighted by molar-refractivity contribution is -0.151. The number of aliphatic imine (C=N–C) groups is 1. The van der Waals surface area contributed by atoms with Gasteiger partial charge in [0.15, 0.2) is 0 Å². The standard InChI is InChI=1S/C24H30N4O2/c1-27-13-15-28(16-14-27)22(19-8-3-2-4-9-19)24(29)30-17-7-12-25-23-21-11-6-5-10-20(21)18-26-23/h2-6,8-11,22H,7,12-18H2,1H3,(H,25,26). The third kappa shape index (κ3) is 4.89. The van der Waals surface area contributed by atoms with Crippen molar-refractivity contribution in [3.8, 4) is 0 Å². The second kappa shape index (κ2) is 9.87. The van der Waals surface area contributed by atoms with Gasteiger partial charge in [0, 0.05) is 38.3 Å². The third-order valence-electron chi connectivity index (χ3n) is 5.78. The molecule has 30 heavy (non-hydrogen) atoms. The van der Waals surface area contributed by atoms with Gasteiger partial charge in [-0.1, -0.05) is 54.6 Å². The largest absolute Gasteiger partial charge is 0.464 e. The lowest BCUT2D eigenvalue weighted by atomic mass is 10.0. The van der Waals surface area contributed by atoms with Crippen LogP contribution in [0.4, 0.5) is 0 Å².